The lowest BCUT2D eigenvalue weighted by Crippen LogP contribution is -2.21. The van der Waals surface area contributed by atoms with Crippen molar-refractivity contribution >= 4 is 11.7 Å². The van der Waals surface area contributed by atoms with E-state index in [9.17, 15) is 9.59 Å². The number of anilines is 1. The van der Waals surface area contributed by atoms with Crippen LogP contribution >= 0.6 is 0 Å². The van der Waals surface area contributed by atoms with Crippen LogP contribution in [0.4, 0.5) is 5.82 Å². The number of hydrogen-bond donors (Lipinski definition) is 2. The molecule has 0 aliphatic heterocycles. The van der Waals surface area contributed by atoms with E-state index < -0.39 is 5.91 Å². The minimum atomic E-state index is -0.472. The molecule has 1 amide bonds. The fourth-order valence-electron chi connectivity index (χ4n) is 1.26. The van der Waals surface area contributed by atoms with Crippen LogP contribution < -0.4 is 10.7 Å². The summed E-state index contributed by atoms with van der Waals surface area (Å²) < 4.78 is 1.56. The second-order valence-corrected chi connectivity index (χ2v) is 3.25. The molecule has 0 atom stereocenters. The predicted molar refractivity (Wildman–Crippen MR) is 58.2 cm³/mol. The fraction of sp³-hybridized carbons (Fsp3) is 0.100. The monoisotopic (exact) mass is 218 g/mol. The normalized spacial score (nSPS) is 10.1. The van der Waals surface area contributed by atoms with Crippen molar-refractivity contribution in [2.45, 2.75) is 0 Å². The maximum Gasteiger partial charge on any atom is 0.262 e. The Bertz CT molecular complexity index is 570. The lowest BCUT2D eigenvalue weighted by Gasteiger charge is -2.00. The van der Waals surface area contributed by atoms with E-state index in [1.54, 1.807) is 24.0 Å². The number of aromatic nitrogens is 3. The molecule has 0 aliphatic carbocycles. The first-order valence-electron chi connectivity index (χ1n) is 4.65. The van der Waals surface area contributed by atoms with E-state index in [-0.39, 0.29) is 11.0 Å². The van der Waals surface area contributed by atoms with Gasteiger partial charge >= 0.3 is 0 Å². The second-order valence-electron chi connectivity index (χ2n) is 3.25. The summed E-state index contributed by atoms with van der Waals surface area (Å²) in [6.45, 7) is 0. The molecule has 2 rings (SSSR count). The number of carbonyl (C=O) groups excluding carboxylic acids is 1. The molecule has 6 nitrogen and oxygen atoms in total. The van der Waals surface area contributed by atoms with Gasteiger partial charge in [-0.3, -0.25) is 14.3 Å². The number of aromatic amines is 1. The molecule has 0 spiro atoms. The molecule has 2 N–H and O–H groups in total. The van der Waals surface area contributed by atoms with Crippen molar-refractivity contribution in [3.63, 3.8) is 0 Å². The number of nitrogens with zero attached hydrogens (tertiary/aromatic N) is 2. The molecular weight excluding hydrogens is 208 g/mol. The van der Waals surface area contributed by atoms with Gasteiger partial charge in [-0.1, -0.05) is 0 Å². The molecule has 0 bridgehead atoms. The van der Waals surface area contributed by atoms with Crippen molar-refractivity contribution < 1.29 is 4.79 Å². The van der Waals surface area contributed by atoms with Crippen LogP contribution in [-0.2, 0) is 7.05 Å². The maximum atomic E-state index is 11.7. The Labute approximate surface area is 90.9 Å². The Balaban J connectivity index is 2.21. The number of rotatable bonds is 2. The highest BCUT2D eigenvalue weighted by Gasteiger charge is 2.10. The van der Waals surface area contributed by atoms with Gasteiger partial charge in [-0.25, -0.2) is 0 Å². The van der Waals surface area contributed by atoms with Crippen LogP contribution in [0, 0.1) is 0 Å². The first kappa shape index (κ1) is 10.2. The highest BCUT2D eigenvalue weighted by molar-refractivity contribution is 6.03. The van der Waals surface area contributed by atoms with Gasteiger partial charge in [0.2, 0.25) is 0 Å². The minimum Gasteiger partial charge on any atom is -0.367 e. The standard InChI is InChI=1S/C10H10N4O2/c1-14-5-3-9(13-14)12-10(16)7-6-11-4-2-8(7)15/h2-6H,1H3,(H,11,15)(H,12,13,16). The Morgan fingerprint density at radius 3 is 2.94 bits per heavy atom. The average molecular weight is 218 g/mol. The number of pyridine rings is 1. The lowest BCUT2D eigenvalue weighted by molar-refractivity contribution is 0.102. The van der Waals surface area contributed by atoms with Gasteiger partial charge in [-0.2, -0.15) is 5.10 Å². The van der Waals surface area contributed by atoms with Gasteiger partial charge < -0.3 is 10.3 Å². The SMILES string of the molecule is Cn1ccc(NC(=O)c2c[nH]ccc2=O)n1. The first-order chi connectivity index (χ1) is 7.66. The summed E-state index contributed by atoms with van der Waals surface area (Å²) in [6, 6.07) is 2.95. The molecule has 2 aromatic heterocycles. The van der Waals surface area contributed by atoms with Crippen molar-refractivity contribution in [1.82, 2.24) is 14.8 Å². The van der Waals surface area contributed by atoms with Crippen LogP contribution in [0.3, 0.4) is 0 Å². The third-order valence-electron chi connectivity index (χ3n) is 2.02. The molecule has 6 heteroatoms. The van der Waals surface area contributed by atoms with E-state index >= 15 is 0 Å². The van der Waals surface area contributed by atoms with Gasteiger partial charge in [0.15, 0.2) is 11.2 Å². The summed E-state index contributed by atoms with van der Waals surface area (Å²) in [6.07, 6.45) is 4.53. The number of carbonyl (C=O) groups is 1. The molecule has 0 aliphatic rings. The van der Waals surface area contributed by atoms with E-state index in [1.165, 1.54) is 18.5 Å². The molecule has 2 heterocycles. The molecular formula is C10H10N4O2. The van der Waals surface area contributed by atoms with Gasteiger partial charge in [0, 0.05) is 37.8 Å². The smallest absolute Gasteiger partial charge is 0.262 e. The van der Waals surface area contributed by atoms with E-state index in [4.69, 9.17) is 0 Å². The van der Waals surface area contributed by atoms with Gasteiger partial charge in [-0.05, 0) is 0 Å². The molecule has 0 radical (unpaired) electrons. The van der Waals surface area contributed by atoms with E-state index in [0.29, 0.717) is 5.82 Å². The van der Waals surface area contributed by atoms with E-state index in [0.717, 1.165) is 0 Å². The molecule has 2 aromatic rings. The van der Waals surface area contributed by atoms with Crippen molar-refractivity contribution in [1.29, 1.82) is 0 Å². The van der Waals surface area contributed by atoms with Crippen LogP contribution in [0.5, 0.6) is 0 Å². The largest absolute Gasteiger partial charge is 0.367 e. The number of amides is 1. The van der Waals surface area contributed by atoms with Crippen molar-refractivity contribution in [2.24, 2.45) is 7.05 Å². The van der Waals surface area contributed by atoms with Crippen molar-refractivity contribution in [3.05, 3.63) is 46.5 Å². The zero-order valence-corrected chi connectivity index (χ0v) is 8.60. The number of H-pyrrole nitrogens is 1. The predicted octanol–water partition coefficient (Wildman–Crippen LogP) is 0.361. The molecule has 16 heavy (non-hydrogen) atoms. The van der Waals surface area contributed by atoms with Crippen LogP contribution in [0.25, 0.3) is 0 Å². The Morgan fingerprint density at radius 2 is 2.31 bits per heavy atom. The molecule has 82 valence electrons. The molecule has 0 saturated heterocycles. The van der Waals surface area contributed by atoms with Crippen molar-refractivity contribution in [3.8, 4) is 0 Å². The zero-order chi connectivity index (χ0) is 11.5. The summed E-state index contributed by atoms with van der Waals surface area (Å²) in [4.78, 5) is 25.7. The Kier molecular flexibility index (Phi) is 2.55. The quantitative estimate of drug-likeness (QED) is 0.763. The minimum absolute atomic E-state index is 0.0631. The second kappa shape index (κ2) is 4.01. The first-order valence-corrected chi connectivity index (χ1v) is 4.65. The number of hydrogen-bond acceptors (Lipinski definition) is 3. The third kappa shape index (κ3) is 2.00. The summed E-state index contributed by atoms with van der Waals surface area (Å²) in [7, 11) is 1.74. The number of nitrogens with one attached hydrogen (secondary N) is 2. The fourth-order valence-corrected chi connectivity index (χ4v) is 1.26. The molecule has 0 aromatic carbocycles. The van der Waals surface area contributed by atoms with Crippen molar-refractivity contribution in [2.75, 3.05) is 5.32 Å². The Hall–Kier alpha value is -2.37. The molecule has 0 unspecified atom stereocenters. The summed E-state index contributed by atoms with van der Waals surface area (Å²) in [5.41, 5.74) is -0.264. The van der Waals surface area contributed by atoms with E-state index in [2.05, 4.69) is 15.4 Å². The highest BCUT2D eigenvalue weighted by Crippen LogP contribution is 2.02. The maximum absolute atomic E-state index is 11.7. The van der Waals surface area contributed by atoms with Crippen LogP contribution in [0.1, 0.15) is 10.4 Å². The summed E-state index contributed by atoms with van der Waals surface area (Å²) in [5, 5.41) is 6.51. The summed E-state index contributed by atoms with van der Waals surface area (Å²) in [5.74, 6) is -0.0590. The van der Waals surface area contributed by atoms with Gasteiger partial charge in [0.1, 0.15) is 5.56 Å². The van der Waals surface area contributed by atoms with Crippen LogP contribution in [-0.4, -0.2) is 20.7 Å². The topological polar surface area (TPSA) is 79.8 Å². The molecule has 0 saturated carbocycles. The zero-order valence-electron chi connectivity index (χ0n) is 8.60. The highest BCUT2D eigenvalue weighted by atomic mass is 16.2. The van der Waals surface area contributed by atoms with Crippen LogP contribution in [0.2, 0.25) is 0 Å². The molecule has 0 fully saturated rings. The third-order valence-corrected chi connectivity index (χ3v) is 2.02. The van der Waals surface area contributed by atoms with E-state index in [1.807, 2.05) is 0 Å². The van der Waals surface area contributed by atoms with Crippen LogP contribution in [0.15, 0.2) is 35.5 Å². The van der Waals surface area contributed by atoms with Gasteiger partial charge in [0.05, 0.1) is 0 Å². The average Bonchev–Trinajstić information content (AvgIpc) is 2.64. The summed E-state index contributed by atoms with van der Waals surface area (Å²) >= 11 is 0. The van der Waals surface area contributed by atoms with Gasteiger partial charge in [0.25, 0.3) is 5.91 Å². The lowest BCUT2D eigenvalue weighted by atomic mass is 10.2. The van der Waals surface area contributed by atoms with Gasteiger partial charge in [-0.15, -0.1) is 0 Å². The number of aryl methyl sites for hydroxylation is 1. The Morgan fingerprint density at radius 1 is 1.50 bits per heavy atom.